The van der Waals surface area contributed by atoms with Gasteiger partial charge in [0.15, 0.2) is 11.5 Å². The molecule has 1 atom stereocenters. The van der Waals surface area contributed by atoms with Gasteiger partial charge in [0.1, 0.15) is 0 Å². The van der Waals surface area contributed by atoms with Crippen LogP contribution in [0.4, 0.5) is 0 Å². The van der Waals surface area contributed by atoms with Crippen molar-refractivity contribution in [1.82, 2.24) is 10.2 Å². The second-order valence-corrected chi connectivity index (χ2v) is 6.24. The lowest BCUT2D eigenvalue weighted by molar-refractivity contribution is 0.0934. The van der Waals surface area contributed by atoms with Crippen LogP contribution < -0.4 is 10.1 Å². The Kier molecular flexibility index (Phi) is 5.56. The fourth-order valence-corrected chi connectivity index (χ4v) is 3.34. The van der Waals surface area contributed by atoms with Crippen molar-refractivity contribution in [2.45, 2.75) is 18.9 Å². The third-order valence-corrected chi connectivity index (χ3v) is 4.69. The van der Waals surface area contributed by atoms with Crippen molar-refractivity contribution in [3.8, 4) is 11.5 Å². The minimum atomic E-state index is -0.295. The number of nitrogens with zero attached hydrogens (tertiary/aromatic N) is 1. The van der Waals surface area contributed by atoms with Gasteiger partial charge in [-0.2, -0.15) is 0 Å². The van der Waals surface area contributed by atoms with Gasteiger partial charge >= 0.3 is 0 Å². The highest BCUT2D eigenvalue weighted by atomic mass is 16.5. The van der Waals surface area contributed by atoms with Crippen molar-refractivity contribution in [1.29, 1.82) is 0 Å². The van der Waals surface area contributed by atoms with E-state index in [1.807, 2.05) is 18.2 Å². The van der Waals surface area contributed by atoms with Crippen LogP contribution in [-0.2, 0) is 0 Å². The summed E-state index contributed by atoms with van der Waals surface area (Å²) in [4.78, 5) is 14.9. The molecule has 0 aliphatic carbocycles. The number of likely N-dealkylation sites (tertiary alicyclic amines) is 1. The van der Waals surface area contributed by atoms with E-state index >= 15 is 0 Å². The van der Waals surface area contributed by atoms with Crippen LogP contribution in [0.5, 0.6) is 11.5 Å². The van der Waals surface area contributed by atoms with E-state index < -0.39 is 0 Å². The van der Waals surface area contributed by atoms with E-state index in [9.17, 15) is 9.90 Å². The second kappa shape index (κ2) is 8.03. The zero-order chi connectivity index (χ0) is 17.6. The van der Waals surface area contributed by atoms with Crippen LogP contribution in [0.15, 0.2) is 48.5 Å². The number of phenols is 1. The van der Waals surface area contributed by atoms with Crippen LogP contribution in [0.1, 0.15) is 34.8 Å². The predicted octanol–water partition coefficient (Wildman–Crippen LogP) is 2.97. The molecule has 1 aliphatic heterocycles. The van der Waals surface area contributed by atoms with E-state index in [2.05, 4.69) is 22.3 Å². The highest BCUT2D eigenvalue weighted by molar-refractivity contribution is 5.97. The van der Waals surface area contributed by atoms with E-state index in [1.165, 1.54) is 25.5 Å². The maximum Gasteiger partial charge on any atom is 0.255 e. The van der Waals surface area contributed by atoms with E-state index in [4.69, 9.17) is 4.74 Å². The molecule has 1 heterocycles. The van der Waals surface area contributed by atoms with Gasteiger partial charge in [0.25, 0.3) is 5.91 Å². The van der Waals surface area contributed by atoms with Crippen LogP contribution >= 0.6 is 0 Å². The fourth-order valence-electron chi connectivity index (χ4n) is 3.34. The van der Waals surface area contributed by atoms with Crippen molar-refractivity contribution in [2.75, 3.05) is 26.7 Å². The van der Waals surface area contributed by atoms with Crippen molar-refractivity contribution >= 4 is 5.91 Å². The summed E-state index contributed by atoms with van der Waals surface area (Å²) < 4.78 is 5.07. The van der Waals surface area contributed by atoms with Gasteiger partial charge in [0, 0.05) is 6.54 Å². The lowest BCUT2D eigenvalue weighted by Crippen LogP contribution is -2.36. The van der Waals surface area contributed by atoms with Gasteiger partial charge in [-0.25, -0.2) is 0 Å². The number of benzene rings is 2. The van der Waals surface area contributed by atoms with Crippen molar-refractivity contribution in [2.24, 2.45) is 0 Å². The molecule has 1 amide bonds. The van der Waals surface area contributed by atoms with Gasteiger partial charge in [0.2, 0.25) is 0 Å². The first-order valence-electron chi connectivity index (χ1n) is 8.64. The van der Waals surface area contributed by atoms with Gasteiger partial charge in [-0.1, -0.05) is 36.4 Å². The van der Waals surface area contributed by atoms with Crippen LogP contribution in [0.3, 0.4) is 0 Å². The molecule has 2 aromatic carbocycles. The SMILES string of the molecule is COc1cccc(C(=O)NCC(c2ccccc2)N2CCCC2)c1O. The van der Waals surface area contributed by atoms with E-state index in [0.717, 1.165) is 13.1 Å². The number of ether oxygens (including phenoxy) is 1. The molecular formula is C20H24N2O3. The molecule has 3 rings (SSSR count). The Labute approximate surface area is 148 Å². The van der Waals surface area contributed by atoms with Crippen molar-refractivity contribution < 1.29 is 14.6 Å². The number of nitrogens with one attached hydrogen (secondary N) is 1. The zero-order valence-corrected chi connectivity index (χ0v) is 14.4. The van der Waals surface area contributed by atoms with Crippen LogP contribution in [0.2, 0.25) is 0 Å². The number of rotatable bonds is 6. The molecular weight excluding hydrogens is 316 g/mol. The minimum absolute atomic E-state index is 0.125. The Morgan fingerprint density at radius 1 is 1.16 bits per heavy atom. The summed E-state index contributed by atoms with van der Waals surface area (Å²) in [7, 11) is 1.47. The summed E-state index contributed by atoms with van der Waals surface area (Å²) in [5, 5.41) is 13.1. The molecule has 1 unspecified atom stereocenters. The van der Waals surface area contributed by atoms with Crippen molar-refractivity contribution in [3.05, 3.63) is 59.7 Å². The van der Waals surface area contributed by atoms with Gasteiger partial charge in [-0.05, 0) is 43.6 Å². The van der Waals surface area contributed by atoms with Crippen molar-refractivity contribution in [3.63, 3.8) is 0 Å². The number of phenolic OH excluding ortho intramolecular Hbond substituents is 1. The summed E-state index contributed by atoms with van der Waals surface area (Å²) in [5.74, 6) is -0.122. The Morgan fingerprint density at radius 3 is 2.56 bits per heavy atom. The first-order valence-corrected chi connectivity index (χ1v) is 8.64. The quantitative estimate of drug-likeness (QED) is 0.849. The maximum atomic E-state index is 12.5. The lowest BCUT2D eigenvalue weighted by atomic mass is 10.1. The second-order valence-electron chi connectivity index (χ2n) is 6.24. The summed E-state index contributed by atoms with van der Waals surface area (Å²) in [6.07, 6.45) is 2.38. The third kappa shape index (κ3) is 3.94. The summed E-state index contributed by atoms with van der Waals surface area (Å²) in [5.41, 5.74) is 1.42. The van der Waals surface area contributed by atoms with Crippen LogP contribution in [0.25, 0.3) is 0 Å². The number of carbonyl (C=O) groups excluding carboxylic acids is 1. The molecule has 0 spiro atoms. The first-order chi connectivity index (χ1) is 12.2. The minimum Gasteiger partial charge on any atom is -0.504 e. The molecule has 5 heteroatoms. The Hall–Kier alpha value is -2.53. The predicted molar refractivity (Wildman–Crippen MR) is 97.0 cm³/mol. The number of methoxy groups -OCH3 is 1. The highest BCUT2D eigenvalue weighted by Gasteiger charge is 2.24. The molecule has 2 N–H and O–H groups in total. The highest BCUT2D eigenvalue weighted by Crippen LogP contribution is 2.29. The number of para-hydroxylation sites is 1. The average Bonchev–Trinajstić information content (AvgIpc) is 3.17. The Balaban J connectivity index is 1.74. The maximum absolute atomic E-state index is 12.5. The molecule has 25 heavy (non-hydrogen) atoms. The molecule has 2 aromatic rings. The molecule has 1 fully saturated rings. The van der Waals surface area contributed by atoms with Gasteiger partial charge in [0.05, 0.1) is 18.7 Å². The third-order valence-electron chi connectivity index (χ3n) is 4.69. The van der Waals surface area contributed by atoms with Gasteiger partial charge < -0.3 is 15.2 Å². The molecule has 0 aromatic heterocycles. The van der Waals surface area contributed by atoms with E-state index in [1.54, 1.807) is 18.2 Å². The Morgan fingerprint density at radius 2 is 1.88 bits per heavy atom. The smallest absolute Gasteiger partial charge is 0.255 e. The average molecular weight is 340 g/mol. The van der Waals surface area contributed by atoms with E-state index in [-0.39, 0.29) is 23.3 Å². The standard InChI is InChI=1S/C20H24N2O3/c1-25-18-11-7-10-16(19(18)23)20(24)21-14-17(22-12-5-6-13-22)15-8-3-2-4-9-15/h2-4,7-11,17,23H,5-6,12-14H2,1H3,(H,21,24). The number of hydrogen-bond acceptors (Lipinski definition) is 4. The molecule has 5 nitrogen and oxygen atoms in total. The van der Waals surface area contributed by atoms with Crippen LogP contribution in [0, 0.1) is 0 Å². The summed E-state index contributed by atoms with van der Waals surface area (Å²) >= 11 is 0. The van der Waals surface area contributed by atoms with Gasteiger partial charge in [-0.3, -0.25) is 9.69 Å². The van der Waals surface area contributed by atoms with E-state index in [0.29, 0.717) is 12.3 Å². The summed E-state index contributed by atoms with van der Waals surface area (Å²) in [6, 6.07) is 15.3. The number of aromatic hydroxyl groups is 1. The molecule has 0 saturated carbocycles. The molecule has 132 valence electrons. The monoisotopic (exact) mass is 340 g/mol. The number of carbonyl (C=O) groups is 1. The fraction of sp³-hybridized carbons (Fsp3) is 0.350. The largest absolute Gasteiger partial charge is 0.504 e. The van der Waals surface area contributed by atoms with Crippen LogP contribution in [-0.4, -0.2) is 42.7 Å². The molecule has 0 bridgehead atoms. The number of hydrogen-bond donors (Lipinski definition) is 2. The zero-order valence-electron chi connectivity index (χ0n) is 14.4. The molecule has 1 saturated heterocycles. The molecule has 0 radical (unpaired) electrons. The molecule has 1 aliphatic rings. The van der Waals surface area contributed by atoms with Gasteiger partial charge in [-0.15, -0.1) is 0 Å². The number of amides is 1. The first kappa shape index (κ1) is 17.3. The topological polar surface area (TPSA) is 61.8 Å². The lowest BCUT2D eigenvalue weighted by Gasteiger charge is -2.28. The summed E-state index contributed by atoms with van der Waals surface area (Å²) in [6.45, 7) is 2.58. The normalized spacial score (nSPS) is 15.7. The Bertz CT molecular complexity index is 712.